The fourth-order valence-electron chi connectivity index (χ4n) is 1.41. The minimum Gasteiger partial charge on any atom is -0.399 e. The van der Waals surface area contributed by atoms with Crippen molar-refractivity contribution in [2.75, 3.05) is 11.5 Å². The molecule has 0 aromatic heterocycles. The number of nitrogens with two attached hydrogens (primary N) is 2. The van der Waals surface area contributed by atoms with E-state index in [1.807, 2.05) is 60.7 Å². The predicted octanol–water partition coefficient (Wildman–Crippen LogP) is 3.87. The van der Waals surface area contributed by atoms with Crippen LogP contribution < -0.4 is 11.5 Å². The molecule has 0 saturated carbocycles. The number of anilines is 2. The van der Waals surface area contributed by atoms with Crippen molar-refractivity contribution in [2.45, 2.75) is 0 Å². The van der Waals surface area contributed by atoms with E-state index in [0.29, 0.717) is 0 Å². The van der Waals surface area contributed by atoms with E-state index in [1.165, 1.54) is 0 Å². The van der Waals surface area contributed by atoms with Crippen molar-refractivity contribution in [2.24, 2.45) is 0 Å². The number of benzene rings is 2. The summed E-state index contributed by atoms with van der Waals surface area (Å²) in [7, 11) is 0. The average molecular weight is 283 g/mol. The molecule has 4 N–H and O–H groups in total. The summed E-state index contributed by atoms with van der Waals surface area (Å²) in [5.74, 6) is 0. The fourth-order valence-corrected chi connectivity index (χ4v) is 1.41. The first-order valence-corrected chi connectivity index (χ1v) is 5.13. The van der Waals surface area contributed by atoms with Gasteiger partial charge in [-0.25, -0.2) is 0 Å². The van der Waals surface area contributed by atoms with Crippen LogP contribution in [-0.2, 0) is 0 Å². The van der Waals surface area contributed by atoms with Gasteiger partial charge in [0.05, 0.1) is 0 Å². The molecule has 0 bridgehead atoms. The van der Waals surface area contributed by atoms with E-state index in [0.717, 1.165) is 22.5 Å². The quantitative estimate of drug-likeness (QED) is 0.649. The molecule has 0 aliphatic carbocycles. The zero-order valence-electron chi connectivity index (χ0n) is 9.74. The minimum absolute atomic E-state index is 0. The van der Waals surface area contributed by atoms with Gasteiger partial charge in [0.1, 0.15) is 0 Å². The molecule has 18 heavy (non-hydrogen) atoms. The van der Waals surface area contributed by atoms with Crippen LogP contribution >= 0.6 is 24.8 Å². The molecule has 0 spiro atoms. The van der Waals surface area contributed by atoms with E-state index in [4.69, 9.17) is 11.5 Å². The monoisotopic (exact) mass is 282 g/mol. The van der Waals surface area contributed by atoms with Crippen LogP contribution in [0.4, 0.5) is 11.4 Å². The van der Waals surface area contributed by atoms with Gasteiger partial charge in [-0.2, -0.15) is 0 Å². The summed E-state index contributed by atoms with van der Waals surface area (Å²) in [5, 5.41) is 0. The molecular weight excluding hydrogens is 267 g/mol. The maximum atomic E-state index is 5.61. The van der Waals surface area contributed by atoms with Crippen molar-refractivity contribution >= 4 is 48.3 Å². The summed E-state index contributed by atoms with van der Waals surface area (Å²) in [5.41, 5.74) is 15.1. The van der Waals surface area contributed by atoms with E-state index >= 15 is 0 Å². The highest BCUT2D eigenvalue weighted by atomic mass is 35.5. The molecule has 96 valence electrons. The zero-order valence-corrected chi connectivity index (χ0v) is 11.4. The Kier molecular flexibility index (Phi) is 6.94. The van der Waals surface area contributed by atoms with Crippen LogP contribution in [-0.4, -0.2) is 0 Å². The van der Waals surface area contributed by atoms with Gasteiger partial charge < -0.3 is 11.5 Å². The third-order valence-corrected chi connectivity index (χ3v) is 2.34. The number of nitrogen functional groups attached to an aromatic ring is 2. The molecule has 0 saturated heterocycles. The fraction of sp³-hybridized carbons (Fsp3) is 0. The number of hydrogen-bond acceptors (Lipinski definition) is 2. The molecule has 2 rings (SSSR count). The molecule has 0 atom stereocenters. The molecule has 0 heterocycles. The van der Waals surface area contributed by atoms with Crippen molar-refractivity contribution in [1.29, 1.82) is 0 Å². The lowest BCUT2D eigenvalue weighted by atomic mass is 10.1. The topological polar surface area (TPSA) is 52.0 Å². The largest absolute Gasteiger partial charge is 0.399 e. The van der Waals surface area contributed by atoms with Crippen LogP contribution in [0.3, 0.4) is 0 Å². The summed E-state index contributed by atoms with van der Waals surface area (Å²) in [6.45, 7) is 0. The van der Waals surface area contributed by atoms with Crippen LogP contribution in [0.15, 0.2) is 48.5 Å². The molecule has 0 aliphatic rings. The Balaban J connectivity index is 0.00000144. The average Bonchev–Trinajstić information content (AvgIpc) is 2.30. The van der Waals surface area contributed by atoms with Crippen molar-refractivity contribution in [3.05, 3.63) is 59.7 Å². The van der Waals surface area contributed by atoms with Gasteiger partial charge in [-0.15, -0.1) is 24.8 Å². The molecule has 0 aliphatic heterocycles. The molecule has 4 heteroatoms. The molecule has 0 radical (unpaired) electrons. The first kappa shape index (κ1) is 16.4. The van der Waals surface area contributed by atoms with E-state index < -0.39 is 0 Å². The van der Waals surface area contributed by atoms with Crippen LogP contribution in [0.5, 0.6) is 0 Å². The maximum Gasteiger partial charge on any atom is 0.0314 e. The number of halogens is 2. The Bertz CT molecular complexity index is 443. The van der Waals surface area contributed by atoms with Crippen LogP contribution in [0, 0.1) is 0 Å². The second-order valence-electron chi connectivity index (χ2n) is 3.67. The second-order valence-corrected chi connectivity index (χ2v) is 3.67. The first-order chi connectivity index (χ1) is 7.74. The number of hydrogen-bond donors (Lipinski definition) is 2. The minimum atomic E-state index is 0. The van der Waals surface area contributed by atoms with Gasteiger partial charge in [0.15, 0.2) is 0 Å². The highest BCUT2D eigenvalue weighted by molar-refractivity contribution is 5.85. The van der Waals surface area contributed by atoms with E-state index in [1.54, 1.807) is 0 Å². The Morgan fingerprint density at radius 2 is 0.833 bits per heavy atom. The second kappa shape index (κ2) is 7.64. The lowest BCUT2D eigenvalue weighted by Gasteiger charge is -1.96. The predicted molar refractivity (Wildman–Crippen MR) is 85.1 cm³/mol. The Hall–Kier alpha value is -1.64. The first-order valence-electron chi connectivity index (χ1n) is 5.13. The summed E-state index contributed by atoms with van der Waals surface area (Å²) < 4.78 is 0. The molecule has 2 aromatic carbocycles. The van der Waals surface area contributed by atoms with Gasteiger partial charge in [-0.3, -0.25) is 0 Å². The van der Waals surface area contributed by atoms with Crippen molar-refractivity contribution in [3.63, 3.8) is 0 Å². The molecule has 2 aromatic rings. The zero-order chi connectivity index (χ0) is 11.4. The molecular formula is C14H16Cl2N2. The Morgan fingerprint density at radius 3 is 1.11 bits per heavy atom. The summed E-state index contributed by atoms with van der Waals surface area (Å²) >= 11 is 0. The molecule has 0 amide bonds. The van der Waals surface area contributed by atoms with E-state index in [9.17, 15) is 0 Å². The van der Waals surface area contributed by atoms with Gasteiger partial charge in [-0.05, 0) is 35.4 Å². The Labute approximate surface area is 120 Å². The normalized spacial score (nSPS) is 9.56. The summed E-state index contributed by atoms with van der Waals surface area (Å²) in [4.78, 5) is 0. The van der Waals surface area contributed by atoms with Crippen molar-refractivity contribution in [1.82, 2.24) is 0 Å². The lowest BCUT2D eigenvalue weighted by Crippen LogP contribution is -1.83. The highest BCUT2D eigenvalue weighted by Crippen LogP contribution is 2.11. The van der Waals surface area contributed by atoms with Gasteiger partial charge in [-0.1, -0.05) is 36.4 Å². The third kappa shape index (κ3) is 4.70. The van der Waals surface area contributed by atoms with Crippen LogP contribution in [0.2, 0.25) is 0 Å². The maximum absolute atomic E-state index is 5.61. The highest BCUT2D eigenvalue weighted by Gasteiger charge is 1.89. The summed E-state index contributed by atoms with van der Waals surface area (Å²) in [6, 6.07) is 15.5. The smallest absolute Gasteiger partial charge is 0.0314 e. The van der Waals surface area contributed by atoms with Crippen LogP contribution in [0.1, 0.15) is 11.1 Å². The lowest BCUT2D eigenvalue weighted by molar-refractivity contribution is 1.63. The van der Waals surface area contributed by atoms with E-state index in [-0.39, 0.29) is 24.8 Å². The molecule has 0 unspecified atom stereocenters. The number of rotatable bonds is 2. The Morgan fingerprint density at radius 1 is 0.556 bits per heavy atom. The van der Waals surface area contributed by atoms with Gasteiger partial charge in [0.2, 0.25) is 0 Å². The standard InChI is InChI=1S/C14H14N2.2ClH/c15-13-7-3-11(4-8-13)1-2-12-5-9-14(16)10-6-12;;/h1-10H,15-16H2;2*1H/b2-1+;;. The van der Waals surface area contributed by atoms with Gasteiger partial charge >= 0.3 is 0 Å². The third-order valence-electron chi connectivity index (χ3n) is 2.34. The molecule has 0 fully saturated rings. The van der Waals surface area contributed by atoms with Crippen molar-refractivity contribution < 1.29 is 0 Å². The van der Waals surface area contributed by atoms with Crippen LogP contribution in [0.25, 0.3) is 12.2 Å². The SMILES string of the molecule is Cl.Cl.Nc1ccc(/C=C/c2ccc(N)cc2)cc1. The summed E-state index contributed by atoms with van der Waals surface area (Å²) in [6.07, 6.45) is 4.09. The van der Waals surface area contributed by atoms with Crippen molar-refractivity contribution in [3.8, 4) is 0 Å². The van der Waals surface area contributed by atoms with Gasteiger partial charge in [0.25, 0.3) is 0 Å². The van der Waals surface area contributed by atoms with E-state index in [2.05, 4.69) is 0 Å². The molecule has 2 nitrogen and oxygen atoms in total. The van der Waals surface area contributed by atoms with Gasteiger partial charge in [0, 0.05) is 11.4 Å².